The molecule has 196 valence electrons. The second-order valence-electron chi connectivity index (χ2n) is 7.66. The molecule has 0 aromatic carbocycles. The number of ether oxygens (including phenoxy) is 1. The van der Waals surface area contributed by atoms with Gasteiger partial charge in [-0.2, -0.15) is 13.2 Å². The molecule has 0 aliphatic rings. The second-order valence-corrected chi connectivity index (χ2v) is 9.13. The van der Waals surface area contributed by atoms with Crippen molar-refractivity contribution in [2.45, 2.75) is 19.1 Å². The number of pyridine rings is 2. The summed E-state index contributed by atoms with van der Waals surface area (Å²) >= 11 is 6.51. The van der Waals surface area contributed by atoms with E-state index in [1.807, 2.05) is 0 Å². The SMILES string of the molecule is COc1cncc(-c2cc(C(=O)NC(C)c3ncc(C(=O)Nc4cc(C(F)(F)F)c(Cl)cn4)s3)ncn2)c1. The summed E-state index contributed by atoms with van der Waals surface area (Å²) in [5.74, 6) is -1.03. The van der Waals surface area contributed by atoms with E-state index < -0.39 is 34.6 Å². The van der Waals surface area contributed by atoms with E-state index in [1.165, 1.54) is 31.9 Å². The van der Waals surface area contributed by atoms with Gasteiger partial charge in [0.05, 0.1) is 41.8 Å². The summed E-state index contributed by atoms with van der Waals surface area (Å²) < 4.78 is 44.4. The molecule has 10 nitrogen and oxygen atoms in total. The van der Waals surface area contributed by atoms with Gasteiger partial charge < -0.3 is 15.4 Å². The number of amides is 2. The number of thiazole rings is 1. The number of halogens is 4. The summed E-state index contributed by atoms with van der Waals surface area (Å²) in [4.78, 5) is 45.6. The van der Waals surface area contributed by atoms with Gasteiger partial charge in [0.25, 0.3) is 11.8 Å². The van der Waals surface area contributed by atoms with Crippen LogP contribution in [-0.4, -0.2) is 43.8 Å². The number of methoxy groups -OCH3 is 1. The fraction of sp³-hybridized carbons (Fsp3) is 0.174. The van der Waals surface area contributed by atoms with Crippen molar-refractivity contribution in [3.05, 3.63) is 75.5 Å². The Hall–Kier alpha value is -4.17. The first-order valence-corrected chi connectivity index (χ1v) is 11.9. The highest BCUT2D eigenvalue weighted by molar-refractivity contribution is 7.13. The van der Waals surface area contributed by atoms with Crippen LogP contribution in [0.2, 0.25) is 5.02 Å². The van der Waals surface area contributed by atoms with Gasteiger partial charge >= 0.3 is 6.18 Å². The van der Waals surface area contributed by atoms with Gasteiger partial charge in [-0.05, 0) is 25.1 Å². The van der Waals surface area contributed by atoms with Crippen molar-refractivity contribution >= 4 is 40.6 Å². The van der Waals surface area contributed by atoms with Gasteiger partial charge in [0.15, 0.2) is 0 Å². The lowest BCUT2D eigenvalue weighted by Gasteiger charge is -2.11. The third-order valence-corrected chi connectivity index (χ3v) is 6.49. The molecular formula is C23H17ClF3N7O3S. The Balaban J connectivity index is 1.43. The van der Waals surface area contributed by atoms with Crippen LogP contribution in [-0.2, 0) is 6.18 Å². The molecule has 0 spiro atoms. The van der Waals surface area contributed by atoms with Crippen molar-refractivity contribution in [2.24, 2.45) is 0 Å². The Labute approximate surface area is 222 Å². The fourth-order valence-electron chi connectivity index (χ4n) is 3.14. The molecule has 38 heavy (non-hydrogen) atoms. The zero-order chi connectivity index (χ0) is 27.4. The molecule has 4 heterocycles. The molecule has 0 saturated carbocycles. The Kier molecular flexibility index (Phi) is 7.83. The summed E-state index contributed by atoms with van der Waals surface area (Å²) in [7, 11) is 1.51. The first kappa shape index (κ1) is 26.9. The van der Waals surface area contributed by atoms with Crippen molar-refractivity contribution in [3.8, 4) is 17.0 Å². The van der Waals surface area contributed by atoms with Gasteiger partial charge in [-0.1, -0.05) is 11.6 Å². The molecule has 0 fully saturated rings. The van der Waals surface area contributed by atoms with Gasteiger partial charge in [-0.25, -0.2) is 19.9 Å². The van der Waals surface area contributed by atoms with Gasteiger partial charge in [0.2, 0.25) is 0 Å². The molecule has 0 aliphatic carbocycles. The molecule has 2 amide bonds. The highest BCUT2D eigenvalue weighted by Crippen LogP contribution is 2.35. The number of aromatic nitrogens is 5. The molecule has 4 aromatic heterocycles. The van der Waals surface area contributed by atoms with Crippen LogP contribution >= 0.6 is 22.9 Å². The fourth-order valence-corrected chi connectivity index (χ4v) is 4.16. The van der Waals surface area contributed by atoms with Crippen LogP contribution in [0.4, 0.5) is 19.0 Å². The normalized spacial score (nSPS) is 12.1. The summed E-state index contributed by atoms with van der Waals surface area (Å²) in [6, 6.07) is 3.23. The average Bonchev–Trinajstić information content (AvgIpc) is 3.40. The topological polar surface area (TPSA) is 132 Å². The number of nitrogens with zero attached hydrogens (tertiary/aromatic N) is 5. The Bertz CT molecular complexity index is 1500. The minimum atomic E-state index is -4.71. The van der Waals surface area contributed by atoms with Crippen molar-refractivity contribution in [3.63, 3.8) is 0 Å². The van der Waals surface area contributed by atoms with Crippen molar-refractivity contribution in [1.82, 2.24) is 30.2 Å². The third-order valence-electron chi connectivity index (χ3n) is 5.01. The maximum atomic E-state index is 13.1. The van der Waals surface area contributed by atoms with Crippen molar-refractivity contribution < 1.29 is 27.5 Å². The lowest BCUT2D eigenvalue weighted by Crippen LogP contribution is -2.27. The summed E-state index contributed by atoms with van der Waals surface area (Å²) in [5.41, 5.74) is 0.0543. The Morgan fingerprint density at radius 3 is 2.55 bits per heavy atom. The lowest BCUT2D eigenvalue weighted by atomic mass is 10.1. The van der Waals surface area contributed by atoms with E-state index in [-0.39, 0.29) is 16.4 Å². The van der Waals surface area contributed by atoms with Crippen LogP contribution in [0.3, 0.4) is 0 Å². The zero-order valence-electron chi connectivity index (χ0n) is 19.6. The third kappa shape index (κ3) is 6.20. The van der Waals surface area contributed by atoms with Crippen molar-refractivity contribution in [2.75, 3.05) is 12.4 Å². The molecule has 4 rings (SSSR count). The molecular weight excluding hydrogens is 547 g/mol. The highest BCUT2D eigenvalue weighted by Gasteiger charge is 2.34. The molecule has 2 N–H and O–H groups in total. The number of alkyl halides is 3. The van der Waals surface area contributed by atoms with Gasteiger partial charge in [0.1, 0.15) is 33.5 Å². The smallest absolute Gasteiger partial charge is 0.418 e. The lowest BCUT2D eigenvalue weighted by molar-refractivity contribution is -0.137. The summed E-state index contributed by atoms with van der Waals surface area (Å²) in [6.45, 7) is 1.66. The van der Waals surface area contributed by atoms with E-state index in [0.29, 0.717) is 28.1 Å². The molecule has 0 bridgehead atoms. The average molecular weight is 564 g/mol. The van der Waals surface area contributed by atoms with Crippen LogP contribution in [0.5, 0.6) is 5.75 Å². The second kappa shape index (κ2) is 11.1. The largest absolute Gasteiger partial charge is 0.495 e. The number of nitrogens with one attached hydrogen (secondary N) is 2. The van der Waals surface area contributed by atoms with E-state index in [9.17, 15) is 22.8 Å². The van der Waals surface area contributed by atoms with E-state index in [0.717, 1.165) is 17.5 Å². The quantitative estimate of drug-likeness (QED) is 0.327. The minimum absolute atomic E-state index is 0.0912. The predicted molar refractivity (Wildman–Crippen MR) is 132 cm³/mol. The zero-order valence-corrected chi connectivity index (χ0v) is 21.1. The van der Waals surface area contributed by atoms with E-state index >= 15 is 0 Å². The summed E-state index contributed by atoms with van der Waals surface area (Å²) in [5, 5.41) is 4.83. The number of hydrogen-bond donors (Lipinski definition) is 2. The molecule has 0 aliphatic heterocycles. The Morgan fingerprint density at radius 2 is 1.82 bits per heavy atom. The number of rotatable bonds is 7. The highest BCUT2D eigenvalue weighted by atomic mass is 35.5. The molecule has 1 unspecified atom stereocenters. The van der Waals surface area contributed by atoms with E-state index in [2.05, 4.69) is 35.6 Å². The number of anilines is 1. The standard InChI is InChI=1S/C23H17ClF3N7O3S/c1-11(33-20(35)17-5-16(31-10-32-17)12-3-13(37-2)7-28-6-12)22-30-9-18(38-22)21(36)34-19-4-14(23(25,26)27)15(24)8-29-19/h3-11H,1-2H3,(H,33,35)(H,29,34,36). The Morgan fingerprint density at radius 1 is 1.03 bits per heavy atom. The number of hydrogen-bond acceptors (Lipinski definition) is 9. The molecule has 15 heteroatoms. The van der Waals surface area contributed by atoms with Gasteiger partial charge in [-0.15, -0.1) is 11.3 Å². The van der Waals surface area contributed by atoms with Crippen LogP contribution in [0, 0.1) is 0 Å². The number of carbonyl (C=O) groups is 2. The van der Waals surface area contributed by atoms with E-state index in [1.54, 1.807) is 19.2 Å². The molecule has 0 saturated heterocycles. The molecule has 0 radical (unpaired) electrons. The molecule has 4 aromatic rings. The van der Waals surface area contributed by atoms with E-state index in [4.69, 9.17) is 16.3 Å². The van der Waals surface area contributed by atoms with Crippen LogP contribution in [0.15, 0.2) is 49.3 Å². The molecule has 1 atom stereocenters. The predicted octanol–water partition coefficient (Wildman–Crippen LogP) is 4.81. The summed E-state index contributed by atoms with van der Waals surface area (Å²) in [6.07, 6.45) is 1.70. The van der Waals surface area contributed by atoms with Crippen LogP contribution in [0.25, 0.3) is 11.3 Å². The minimum Gasteiger partial charge on any atom is -0.495 e. The first-order valence-electron chi connectivity index (χ1n) is 10.7. The first-order chi connectivity index (χ1) is 18.0. The van der Waals surface area contributed by atoms with Gasteiger partial charge in [-0.3, -0.25) is 14.6 Å². The maximum Gasteiger partial charge on any atom is 0.418 e. The van der Waals surface area contributed by atoms with Gasteiger partial charge in [0, 0.05) is 18.0 Å². The van der Waals surface area contributed by atoms with Crippen molar-refractivity contribution in [1.29, 1.82) is 0 Å². The number of carbonyl (C=O) groups excluding carboxylic acids is 2. The van der Waals surface area contributed by atoms with Crippen LogP contribution in [0.1, 0.15) is 43.7 Å². The monoisotopic (exact) mass is 563 g/mol. The van der Waals surface area contributed by atoms with Crippen LogP contribution < -0.4 is 15.4 Å². The maximum absolute atomic E-state index is 13.1.